The van der Waals surface area contributed by atoms with E-state index in [2.05, 4.69) is 15.0 Å². The van der Waals surface area contributed by atoms with Gasteiger partial charge in [0.05, 0.1) is 12.4 Å². The minimum absolute atomic E-state index is 0.0102. The minimum atomic E-state index is -5.11. The van der Waals surface area contributed by atoms with Crippen LogP contribution in [0.1, 0.15) is 35.1 Å². The van der Waals surface area contributed by atoms with Crippen LogP contribution in [0, 0.1) is 19.7 Å². The average molecular weight is 618 g/mol. The number of hydrogen-bond acceptors (Lipinski definition) is 8. The number of rotatable bonds is 10. The van der Waals surface area contributed by atoms with Gasteiger partial charge < -0.3 is 25.0 Å². The summed E-state index contributed by atoms with van der Waals surface area (Å²) in [5.74, 6) is -2.55. The van der Waals surface area contributed by atoms with Gasteiger partial charge in [-0.1, -0.05) is 0 Å². The van der Waals surface area contributed by atoms with Crippen LogP contribution in [0.15, 0.2) is 35.3 Å². The lowest BCUT2D eigenvalue weighted by Crippen LogP contribution is -2.50. The number of amidine groups is 1. The number of piperidine rings is 1. The summed E-state index contributed by atoms with van der Waals surface area (Å²) in [5.41, 5.74) is 1.17. The van der Waals surface area contributed by atoms with Crippen LogP contribution in [0.4, 0.5) is 17.6 Å². The van der Waals surface area contributed by atoms with Gasteiger partial charge in [0.1, 0.15) is 29.8 Å². The quantitative estimate of drug-likeness (QED) is 0.348. The topological polar surface area (TPSA) is 138 Å². The number of carbonyl (C=O) groups is 1. The molecule has 230 valence electrons. The van der Waals surface area contributed by atoms with Crippen molar-refractivity contribution in [1.82, 2.24) is 9.62 Å². The fourth-order valence-electron chi connectivity index (χ4n) is 5.02. The summed E-state index contributed by atoms with van der Waals surface area (Å²) >= 11 is 0. The molecule has 2 aromatic rings. The van der Waals surface area contributed by atoms with E-state index in [0.717, 1.165) is 34.9 Å². The van der Waals surface area contributed by atoms with Gasteiger partial charge in [-0.05, 0) is 80.1 Å². The van der Waals surface area contributed by atoms with E-state index in [0.29, 0.717) is 5.75 Å². The molecule has 2 aliphatic rings. The zero-order valence-electron chi connectivity index (χ0n) is 22.9. The molecule has 1 spiro atoms. The van der Waals surface area contributed by atoms with Crippen LogP contribution in [0.5, 0.6) is 11.5 Å². The zero-order chi connectivity index (χ0) is 30.9. The van der Waals surface area contributed by atoms with Crippen LogP contribution in [0.2, 0.25) is 0 Å². The first-order chi connectivity index (χ1) is 19.6. The second-order valence-corrected chi connectivity index (χ2v) is 12.4. The van der Waals surface area contributed by atoms with Gasteiger partial charge in [0.25, 0.3) is 5.91 Å². The van der Waals surface area contributed by atoms with Crippen LogP contribution < -0.4 is 14.8 Å². The molecular weight excluding hydrogens is 586 g/mol. The van der Waals surface area contributed by atoms with E-state index in [1.165, 1.54) is 4.31 Å². The molecular formula is C27H31F4N3O7S. The van der Waals surface area contributed by atoms with Gasteiger partial charge in [-0.2, -0.15) is 0 Å². The van der Waals surface area contributed by atoms with E-state index in [4.69, 9.17) is 9.84 Å². The maximum absolute atomic E-state index is 13.8. The van der Waals surface area contributed by atoms with E-state index < -0.39 is 52.1 Å². The average Bonchev–Trinajstić information content (AvgIpc) is 3.22. The highest BCUT2D eigenvalue weighted by Gasteiger charge is 2.47. The molecule has 0 unspecified atom stereocenters. The minimum Gasteiger partial charge on any atom is -0.491 e. The van der Waals surface area contributed by atoms with Gasteiger partial charge in [-0.25, -0.2) is 17.1 Å². The standard InChI is InChI=1S/C27H31F4N3O7S/c1-16-11-20(40-15-19(36)14-35)12-17(2)21(16)5-10-42(38,39)34-8-6-26(7-9-34)25(37)32-24(33-26)18-3-4-22(28)23(13-18)41-27(29,30)31/h3-4,11-13,19,35-36H,5-10,14-15H2,1-2H3,(H,32,33,37)/t19-/m0/s1. The first-order valence-corrected chi connectivity index (χ1v) is 14.7. The van der Waals surface area contributed by atoms with Gasteiger partial charge in [0.15, 0.2) is 11.6 Å². The van der Waals surface area contributed by atoms with Crippen molar-refractivity contribution in [3.8, 4) is 11.5 Å². The van der Waals surface area contributed by atoms with Crippen LogP contribution >= 0.6 is 0 Å². The number of halogens is 4. The molecule has 3 N–H and O–H groups in total. The molecule has 2 aliphatic heterocycles. The number of aliphatic imine (C=N–C) groups is 1. The maximum Gasteiger partial charge on any atom is 0.573 e. The molecule has 15 heteroatoms. The summed E-state index contributed by atoms with van der Waals surface area (Å²) in [4.78, 5) is 17.3. The van der Waals surface area contributed by atoms with Crippen molar-refractivity contribution in [1.29, 1.82) is 0 Å². The number of carbonyl (C=O) groups excluding carboxylic acids is 1. The summed E-state index contributed by atoms with van der Waals surface area (Å²) in [7, 11) is -3.71. The Morgan fingerprint density at radius 1 is 1.14 bits per heavy atom. The Hall–Kier alpha value is -3.27. The molecule has 0 bridgehead atoms. The van der Waals surface area contributed by atoms with E-state index in [9.17, 15) is 35.9 Å². The molecule has 2 aromatic carbocycles. The third kappa shape index (κ3) is 7.19. The van der Waals surface area contributed by atoms with Crippen LogP contribution in [-0.4, -0.2) is 84.7 Å². The lowest BCUT2D eigenvalue weighted by atomic mass is 9.89. The number of ether oxygens (including phenoxy) is 2. The highest BCUT2D eigenvalue weighted by molar-refractivity contribution is 7.89. The Balaban J connectivity index is 1.40. The highest BCUT2D eigenvalue weighted by atomic mass is 32.2. The fourth-order valence-corrected chi connectivity index (χ4v) is 6.48. The van der Waals surface area contributed by atoms with Crippen molar-refractivity contribution in [2.75, 3.05) is 32.1 Å². The van der Waals surface area contributed by atoms with Gasteiger partial charge in [0.2, 0.25) is 10.0 Å². The second-order valence-electron chi connectivity index (χ2n) is 10.3. The van der Waals surface area contributed by atoms with E-state index >= 15 is 0 Å². The van der Waals surface area contributed by atoms with Crippen molar-refractivity contribution < 1.29 is 50.5 Å². The molecule has 0 radical (unpaired) electrons. The van der Waals surface area contributed by atoms with Gasteiger partial charge in [-0.15, -0.1) is 13.2 Å². The first-order valence-electron chi connectivity index (χ1n) is 13.1. The number of alkyl halides is 3. The van der Waals surface area contributed by atoms with Crippen LogP contribution in [-0.2, 0) is 21.2 Å². The summed E-state index contributed by atoms with van der Waals surface area (Å²) in [6.45, 7) is 3.15. The first kappa shape index (κ1) is 31.7. The molecule has 4 rings (SSSR count). The number of amides is 1. The second kappa shape index (κ2) is 12.1. The van der Waals surface area contributed by atoms with Crippen molar-refractivity contribution in [2.45, 2.75) is 51.1 Å². The van der Waals surface area contributed by atoms with Gasteiger partial charge in [0, 0.05) is 18.7 Å². The van der Waals surface area contributed by atoms with Gasteiger partial charge >= 0.3 is 6.36 Å². The van der Waals surface area contributed by atoms with E-state index in [1.807, 2.05) is 13.8 Å². The number of aliphatic hydroxyl groups excluding tert-OH is 2. The molecule has 1 saturated heterocycles. The summed E-state index contributed by atoms with van der Waals surface area (Å²) in [6.07, 6.45) is -5.78. The monoisotopic (exact) mass is 617 g/mol. The summed E-state index contributed by atoms with van der Waals surface area (Å²) in [5, 5.41) is 20.9. The summed E-state index contributed by atoms with van der Waals surface area (Å²) < 4.78 is 88.6. The zero-order valence-corrected chi connectivity index (χ0v) is 23.7. The third-order valence-corrected chi connectivity index (χ3v) is 9.16. The number of benzene rings is 2. The molecule has 1 atom stereocenters. The third-order valence-electron chi connectivity index (χ3n) is 7.29. The Bertz CT molecular complexity index is 1450. The Labute approximate surface area is 240 Å². The molecule has 1 fully saturated rings. The lowest BCUT2D eigenvalue weighted by molar-refractivity contribution is -0.275. The SMILES string of the molecule is Cc1cc(OC[C@@H](O)CO)cc(C)c1CCS(=O)(=O)N1CCC2(CC1)N=C(c1ccc(F)c(OC(F)(F)F)c1)NC2=O. The molecule has 0 saturated carbocycles. The largest absolute Gasteiger partial charge is 0.573 e. The normalized spacial score (nSPS) is 18.1. The van der Waals surface area contributed by atoms with Crippen molar-refractivity contribution in [3.05, 3.63) is 58.4 Å². The highest BCUT2D eigenvalue weighted by Crippen LogP contribution is 2.34. The van der Waals surface area contributed by atoms with Crippen LogP contribution in [0.3, 0.4) is 0 Å². The number of sulfonamides is 1. The van der Waals surface area contributed by atoms with E-state index in [-0.39, 0.29) is 56.1 Å². The number of aryl methyl sites for hydroxylation is 2. The fraction of sp³-hybridized carbons (Fsp3) is 0.481. The van der Waals surface area contributed by atoms with Crippen molar-refractivity contribution in [3.63, 3.8) is 0 Å². The molecule has 42 heavy (non-hydrogen) atoms. The molecule has 0 aliphatic carbocycles. The summed E-state index contributed by atoms with van der Waals surface area (Å²) in [6, 6.07) is 6.20. The Morgan fingerprint density at radius 2 is 1.79 bits per heavy atom. The Kier molecular flexibility index (Phi) is 9.16. The van der Waals surface area contributed by atoms with Crippen LogP contribution in [0.25, 0.3) is 0 Å². The number of nitrogens with zero attached hydrogens (tertiary/aromatic N) is 2. The molecule has 0 aromatic heterocycles. The molecule has 10 nitrogen and oxygen atoms in total. The molecule has 1 amide bonds. The van der Waals surface area contributed by atoms with Crippen molar-refractivity contribution >= 4 is 21.8 Å². The predicted octanol–water partition coefficient (Wildman–Crippen LogP) is 2.36. The Morgan fingerprint density at radius 3 is 2.38 bits per heavy atom. The van der Waals surface area contributed by atoms with Crippen molar-refractivity contribution in [2.24, 2.45) is 4.99 Å². The predicted molar refractivity (Wildman–Crippen MR) is 143 cm³/mol. The number of hydrogen-bond donors (Lipinski definition) is 3. The van der Waals surface area contributed by atoms with E-state index in [1.54, 1.807) is 12.1 Å². The number of nitrogens with one attached hydrogen (secondary N) is 1. The molecule has 2 heterocycles. The lowest BCUT2D eigenvalue weighted by Gasteiger charge is -2.34. The smallest absolute Gasteiger partial charge is 0.491 e. The van der Waals surface area contributed by atoms with Gasteiger partial charge in [-0.3, -0.25) is 9.79 Å². The maximum atomic E-state index is 13.8. The number of aliphatic hydroxyl groups is 2.